The third-order valence-electron chi connectivity index (χ3n) is 6.36. The first-order chi connectivity index (χ1) is 14.1. The Hall–Kier alpha value is -2.02. The second-order valence-corrected chi connectivity index (χ2v) is 9.06. The number of carbonyl (C=O) groups is 3. The standard InChI is InChI=1S/C22H28N2O4S/c1-29-13-11-18(24-21(26)14-6-2-3-7-15(14)22(24)27)20(25)23-17-10-12-28-19-9-5-4-8-16(17)19/h4-5,8-9,14-15,17-18H,2-3,6-7,10-13H2,1H3,(H,23,25)/t14-,15-,17-,18-/m1/s1. The Morgan fingerprint density at radius 2 is 1.86 bits per heavy atom. The van der Waals surface area contributed by atoms with E-state index in [1.165, 1.54) is 4.90 Å². The molecule has 4 rings (SSSR count). The lowest BCUT2D eigenvalue weighted by Crippen LogP contribution is -2.51. The zero-order chi connectivity index (χ0) is 20.4. The van der Waals surface area contributed by atoms with Crippen molar-refractivity contribution in [3.8, 4) is 5.75 Å². The quantitative estimate of drug-likeness (QED) is 0.722. The van der Waals surface area contributed by atoms with Gasteiger partial charge in [0.2, 0.25) is 17.7 Å². The molecule has 0 aromatic heterocycles. The summed E-state index contributed by atoms with van der Waals surface area (Å²) >= 11 is 1.62. The average molecular weight is 417 g/mol. The average Bonchev–Trinajstić information content (AvgIpc) is 3.00. The van der Waals surface area contributed by atoms with Gasteiger partial charge in [0.15, 0.2) is 0 Å². The predicted octanol–water partition coefficient (Wildman–Crippen LogP) is 2.92. The number of likely N-dealkylation sites (tertiary alicyclic amines) is 1. The van der Waals surface area contributed by atoms with Gasteiger partial charge in [-0.25, -0.2) is 0 Å². The number of para-hydroxylation sites is 1. The molecule has 3 amide bonds. The monoisotopic (exact) mass is 416 g/mol. The summed E-state index contributed by atoms with van der Waals surface area (Å²) in [4.78, 5) is 40.7. The molecule has 1 saturated heterocycles. The van der Waals surface area contributed by atoms with Crippen LogP contribution >= 0.6 is 11.8 Å². The molecule has 156 valence electrons. The van der Waals surface area contributed by atoms with Gasteiger partial charge in [0, 0.05) is 12.0 Å². The molecular weight excluding hydrogens is 388 g/mol. The Balaban J connectivity index is 1.55. The number of hydrogen-bond acceptors (Lipinski definition) is 5. The van der Waals surface area contributed by atoms with Gasteiger partial charge in [0.25, 0.3) is 0 Å². The number of thioether (sulfide) groups is 1. The van der Waals surface area contributed by atoms with Crippen molar-refractivity contribution in [1.29, 1.82) is 0 Å². The fourth-order valence-electron chi connectivity index (χ4n) is 4.86. The van der Waals surface area contributed by atoms with E-state index in [-0.39, 0.29) is 35.6 Å². The van der Waals surface area contributed by atoms with Crippen LogP contribution in [0, 0.1) is 11.8 Å². The molecule has 1 N–H and O–H groups in total. The Bertz CT molecular complexity index is 775. The van der Waals surface area contributed by atoms with Gasteiger partial charge >= 0.3 is 0 Å². The largest absolute Gasteiger partial charge is 0.493 e. The lowest BCUT2D eigenvalue weighted by atomic mass is 9.81. The van der Waals surface area contributed by atoms with Crippen molar-refractivity contribution in [2.45, 2.75) is 50.6 Å². The summed E-state index contributed by atoms with van der Waals surface area (Å²) in [6.07, 6.45) is 6.60. The number of fused-ring (bicyclic) bond motifs is 2. The molecule has 6 nitrogen and oxygen atoms in total. The van der Waals surface area contributed by atoms with E-state index in [4.69, 9.17) is 4.74 Å². The number of amides is 3. The van der Waals surface area contributed by atoms with Crippen LogP contribution in [-0.2, 0) is 14.4 Å². The minimum Gasteiger partial charge on any atom is -0.493 e. The van der Waals surface area contributed by atoms with Crippen molar-refractivity contribution in [1.82, 2.24) is 10.2 Å². The van der Waals surface area contributed by atoms with Crippen LogP contribution in [0.4, 0.5) is 0 Å². The molecule has 2 heterocycles. The van der Waals surface area contributed by atoms with Gasteiger partial charge in [-0.2, -0.15) is 11.8 Å². The first-order valence-corrected chi connectivity index (χ1v) is 11.9. The number of nitrogens with zero attached hydrogens (tertiary/aromatic N) is 1. The lowest BCUT2D eigenvalue weighted by molar-refractivity contribution is -0.148. The molecular formula is C22H28N2O4S. The van der Waals surface area contributed by atoms with E-state index in [0.717, 1.165) is 42.7 Å². The molecule has 2 fully saturated rings. The van der Waals surface area contributed by atoms with E-state index in [1.54, 1.807) is 11.8 Å². The van der Waals surface area contributed by atoms with Crippen LogP contribution < -0.4 is 10.1 Å². The molecule has 1 aromatic carbocycles. The maximum atomic E-state index is 13.3. The normalized spacial score (nSPS) is 27.1. The summed E-state index contributed by atoms with van der Waals surface area (Å²) < 4.78 is 5.69. The second kappa shape index (κ2) is 8.78. The first kappa shape index (κ1) is 20.3. The van der Waals surface area contributed by atoms with E-state index < -0.39 is 6.04 Å². The van der Waals surface area contributed by atoms with Crippen LogP contribution in [0.5, 0.6) is 5.75 Å². The highest BCUT2D eigenvalue weighted by Gasteiger charge is 2.51. The molecule has 4 atom stereocenters. The summed E-state index contributed by atoms with van der Waals surface area (Å²) in [5.41, 5.74) is 0.948. The predicted molar refractivity (Wildman–Crippen MR) is 112 cm³/mol. The number of ether oxygens (including phenoxy) is 1. The third kappa shape index (κ3) is 3.89. The van der Waals surface area contributed by atoms with Gasteiger partial charge < -0.3 is 10.1 Å². The van der Waals surface area contributed by atoms with E-state index >= 15 is 0 Å². The highest BCUT2D eigenvalue weighted by Crippen LogP contribution is 2.39. The summed E-state index contributed by atoms with van der Waals surface area (Å²) in [7, 11) is 0. The van der Waals surface area contributed by atoms with Gasteiger partial charge in [0.05, 0.1) is 24.5 Å². The van der Waals surface area contributed by atoms with E-state index in [0.29, 0.717) is 19.4 Å². The second-order valence-electron chi connectivity index (χ2n) is 8.08. The topological polar surface area (TPSA) is 75.7 Å². The molecule has 7 heteroatoms. The van der Waals surface area contributed by atoms with Crippen molar-refractivity contribution in [2.75, 3.05) is 18.6 Å². The molecule has 2 aliphatic heterocycles. The van der Waals surface area contributed by atoms with Gasteiger partial charge in [-0.15, -0.1) is 0 Å². The minimum atomic E-state index is -0.733. The van der Waals surface area contributed by atoms with Gasteiger partial charge in [-0.3, -0.25) is 19.3 Å². The SMILES string of the molecule is CSCC[C@H](C(=O)N[C@@H]1CCOc2ccccc21)N1C(=O)[C@@H]2CCCC[C@H]2C1=O. The van der Waals surface area contributed by atoms with Crippen LogP contribution in [0.15, 0.2) is 24.3 Å². The molecule has 0 bridgehead atoms. The van der Waals surface area contributed by atoms with Crippen LogP contribution in [0.1, 0.15) is 50.1 Å². The van der Waals surface area contributed by atoms with E-state index in [1.807, 2.05) is 30.5 Å². The number of carbonyl (C=O) groups excluding carboxylic acids is 3. The fourth-order valence-corrected chi connectivity index (χ4v) is 5.32. The zero-order valence-electron chi connectivity index (χ0n) is 16.8. The zero-order valence-corrected chi connectivity index (χ0v) is 17.6. The number of nitrogens with one attached hydrogen (secondary N) is 1. The summed E-state index contributed by atoms with van der Waals surface area (Å²) in [6.45, 7) is 0.531. The third-order valence-corrected chi connectivity index (χ3v) is 7.00. The molecule has 1 aromatic rings. The maximum absolute atomic E-state index is 13.3. The Morgan fingerprint density at radius 3 is 2.55 bits per heavy atom. The molecule has 0 unspecified atom stereocenters. The van der Waals surface area contributed by atoms with Gasteiger partial charge in [-0.1, -0.05) is 31.0 Å². The molecule has 0 radical (unpaired) electrons. The summed E-state index contributed by atoms with van der Waals surface area (Å²) in [6, 6.07) is 6.79. The van der Waals surface area contributed by atoms with Crippen LogP contribution in [0.25, 0.3) is 0 Å². The number of imide groups is 1. The summed E-state index contributed by atoms with van der Waals surface area (Å²) in [5.74, 6) is 0.510. The minimum absolute atomic E-state index is 0.145. The maximum Gasteiger partial charge on any atom is 0.243 e. The van der Waals surface area contributed by atoms with Gasteiger partial charge in [0.1, 0.15) is 11.8 Å². The fraction of sp³-hybridized carbons (Fsp3) is 0.591. The number of hydrogen-bond donors (Lipinski definition) is 1. The molecule has 3 aliphatic rings. The van der Waals surface area contributed by atoms with Crippen molar-refractivity contribution < 1.29 is 19.1 Å². The van der Waals surface area contributed by atoms with Crippen LogP contribution in [0.3, 0.4) is 0 Å². The summed E-state index contributed by atoms with van der Waals surface area (Å²) in [5, 5.41) is 3.11. The molecule has 1 aliphatic carbocycles. The number of rotatable bonds is 6. The van der Waals surface area contributed by atoms with Gasteiger partial charge in [-0.05, 0) is 37.3 Å². The van der Waals surface area contributed by atoms with E-state index in [2.05, 4.69) is 5.32 Å². The smallest absolute Gasteiger partial charge is 0.243 e. The lowest BCUT2D eigenvalue weighted by Gasteiger charge is -2.31. The van der Waals surface area contributed by atoms with Crippen LogP contribution in [0.2, 0.25) is 0 Å². The van der Waals surface area contributed by atoms with Crippen LogP contribution in [-0.4, -0.2) is 47.3 Å². The van der Waals surface area contributed by atoms with Crippen molar-refractivity contribution in [2.24, 2.45) is 11.8 Å². The highest BCUT2D eigenvalue weighted by atomic mass is 32.2. The van der Waals surface area contributed by atoms with Crippen molar-refractivity contribution in [3.05, 3.63) is 29.8 Å². The Morgan fingerprint density at radius 1 is 1.17 bits per heavy atom. The molecule has 1 saturated carbocycles. The number of benzene rings is 1. The van der Waals surface area contributed by atoms with Crippen molar-refractivity contribution >= 4 is 29.5 Å². The Labute approximate surface area is 175 Å². The molecule has 0 spiro atoms. The molecule has 29 heavy (non-hydrogen) atoms. The highest BCUT2D eigenvalue weighted by molar-refractivity contribution is 7.98. The van der Waals surface area contributed by atoms with Crippen molar-refractivity contribution in [3.63, 3.8) is 0 Å². The van der Waals surface area contributed by atoms with E-state index in [9.17, 15) is 14.4 Å². The Kier molecular flexibility index (Phi) is 6.13. The first-order valence-electron chi connectivity index (χ1n) is 10.5.